The molecule has 1 aliphatic heterocycles. The van der Waals surface area contributed by atoms with E-state index in [0.29, 0.717) is 32.2 Å². The number of hydrogen-bond acceptors (Lipinski definition) is 2. The maximum atomic E-state index is 13.0. The molecule has 1 amide bonds. The molecule has 110 valence electrons. The first-order chi connectivity index (χ1) is 8.71. The zero-order valence-corrected chi connectivity index (χ0v) is 11.0. The van der Waals surface area contributed by atoms with Crippen molar-refractivity contribution >= 4 is 5.91 Å². The van der Waals surface area contributed by atoms with Crippen molar-refractivity contribution in [3.8, 4) is 0 Å². The van der Waals surface area contributed by atoms with Crippen LogP contribution in [0.1, 0.15) is 39.0 Å². The van der Waals surface area contributed by atoms with Crippen molar-refractivity contribution in [1.29, 1.82) is 0 Å². The van der Waals surface area contributed by atoms with E-state index in [1.165, 1.54) is 4.90 Å². The van der Waals surface area contributed by atoms with Crippen LogP contribution in [0.5, 0.6) is 0 Å². The minimum absolute atomic E-state index is 0.0458. The molecule has 3 nitrogen and oxygen atoms in total. The van der Waals surface area contributed by atoms with Gasteiger partial charge >= 0.3 is 6.18 Å². The van der Waals surface area contributed by atoms with Crippen LogP contribution in [0.4, 0.5) is 13.2 Å². The van der Waals surface area contributed by atoms with E-state index in [1.807, 2.05) is 0 Å². The summed E-state index contributed by atoms with van der Waals surface area (Å²) in [6, 6.07) is 0. The highest BCUT2D eigenvalue weighted by Gasteiger charge is 2.50. The normalized spacial score (nSPS) is 36.6. The number of hydrogen-bond donors (Lipinski definition) is 1. The summed E-state index contributed by atoms with van der Waals surface area (Å²) in [6.07, 6.45) is -2.31. The summed E-state index contributed by atoms with van der Waals surface area (Å²) >= 11 is 0. The van der Waals surface area contributed by atoms with Crippen molar-refractivity contribution in [2.24, 2.45) is 11.8 Å². The van der Waals surface area contributed by atoms with Crippen LogP contribution in [0.15, 0.2) is 0 Å². The molecule has 1 saturated carbocycles. The molecule has 2 fully saturated rings. The highest BCUT2D eigenvalue weighted by Crippen LogP contribution is 2.42. The largest absolute Gasteiger partial charge is 0.392 e. The topological polar surface area (TPSA) is 40.5 Å². The molecule has 1 heterocycles. The lowest BCUT2D eigenvalue weighted by atomic mass is 9.78. The minimum Gasteiger partial charge on any atom is -0.388 e. The van der Waals surface area contributed by atoms with Crippen molar-refractivity contribution in [3.05, 3.63) is 0 Å². The van der Waals surface area contributed by atoms with Crippen molar-refractivity contribution in [2.75, 3.05) is 13.1 Å². The lowest BCUT2D eigenvalue weighted by Crippen LogP contribution is -2.44. The second-order valence-electron chi connectivity index (χ2n) is 6.05. The Morgan fingerprint density at radius 2 is 1.95 bits per heavy atom. The van der Waals surface area contributed by atoms with E-state index in [9.17, 15) is 23.1 Å². The van der Waals surface area contributed by atoms with E-state index in [-0.39, 0.29) is 13.0 Å². The fourth-order valence-electron chi connectivity index (χ4n) is 3.19. The molecule has 0 radical (unpaired) electrons. The third kappa shape index (κ3) is 3.22. The molecule has 0 spiro atoms. The maximum Gasteiger partial charge on any atom is 0.392 e. The van der Waals surface area contributed by atoms with Crippen LogP contribution in [-0.2, 0) is 4.79 Å². The number of carbonyl (C=O) groups is 1. The first-order valence-corrected chi connectivity index (χ1v) is 6.79. The average Bonchev–Trinajstić information content (AvgIpc) is 2.68. The van der Waals surface area contributed by atoms with Gasteiger partial charge in [0.15, 0.2) is 0 Å². The van der Waals surface area contributed by atoms with Gasteiger partial charge in [-0.2, -0.15) is 13.2 Å². The molecule has 0 bridgehead atoms. The molecule has 0 aromatic carbocycles. The SMILES string of the molecule is CC1(O)CCN(C(=O)C2CCCCC2C(F)(F)F)C1. The number of rotatable bonds is 1. The van der Waals surface area contributed by atoms with Gasteiger partial charge in [-0.3, -0.25) is 4.79 Å². The van der Waals surface area contributed by atoms with E-state index in [2.05, 4.69) is 0 Å². The Kier molecular flexibility index (Phi) is 3.82. The standard InChI is InChI=1S/C13H20F3NO2/c1-12(19)6-7-17(8-12)11(18)9-4-2-3-5-10(9)13(14,15)16/h9-10,19H,2-8H2,1H3. The first kappa shape index (κ1) is 14.6. The number of carbonyl (C=O) groups excluding carboxylic acids is 1. The van der Waals surface area contributed by atoms with Crippen LogP contribution < -0.4 is 0 Å². The van der Waals surface area contributed by atoms with E-state index < -0.39 is 29.5 Å². The predicted octanol–water partition coefficient (Wildman–Crippen LogP) is 2.34. The molecule has 0 aromatic heterocycles. The Hall–Kier alpha value is -0.780. The highest BCUT2D eigenvalue weighted by molar-refractivity contribution is 5.79. The lowest BCUT2D eigenvalue weighted by molar-refractivity contribution is -0.200. The summed E-state index contributed by atoms with van der Waals surface area (Å²) in [5.41, 5.74) is -0.960. The minimum atomic E-state index is -4.30. The van der Waals surface area contributed by atoms with E-state index in [1.54, 1.807) is 6.92 Å². The molecule has 1 saturated heterocycles. The van der Waals surface area contributed by atoms with Crippen LogP contribution in [0.3, 0.4) is 0 Å². The second kappa shape index (κ2) is 4.96. The van der Waals surface area contributed by atoms with Crippen molar-refractivity contribution in [1.82, 2.24) is 4.90 Å². The quantitative estimate of drug-likeness (QED) is 0.800. The molecule has 6 heteroatoms. The summed E-state index contributed by atoms with van der Waals surface area (Å²) in [6.45, 7) is 2.11. The molecule has 19 heavy (non-hydrogen) atoms. The van der Waals surface area contributed by atoms with Crippen LogP contribution in [-0.4, -0.2) is 40.8 Å². The zero-order valence-electron chi connectivity index (χ0n) is 11.0. The summed E-state index contributed by atoms with van der Waals surface area (Å²) in [5, 5.41) is 9.82. The van der Waals surface area contributed by atoms with Gasteiger partial charge < -0.3 is 10.0 Å². The van der Waals surface area contributed by atoms with Gasteiger partial charge in [-0.1, -0.05) is 12.8 Å². The third-order valence-corrected chi connectivity index (χ3v) is 4.27. The summed E-state index contributed by atoms with van der Waals surface area (Å²) in [7, 11) is 0. The number of β-amino-alcohol motifs (C(OH)–C–C–N with tert-alkyl or cyclic N) is 1. The number of likely N-dealkylation sites (tertiary alicyclic amines) is 1. The molecule has 0 aromatic rings. The average molecular weight is 279 g/mol. The molecular formula is C13H20F3NO2. The Bertz CT molecular complexity index is 354. The Morgan fingerprint density at radius 3 is 2.47 bits per heavy atom. The number of nitrogens with zero attached hydrogens (tertiary/aromatic N) is 1. The molecule has 3 atom stereocenters. The van der Waals surface area contributed by atoms with Crippen LogP contribution in [0.25, 0.3) is 0 Å². The van der Waals surface area contributed by atoms with E-state index >= 15 is 0 Å². The summed E-state index contributed by atoms with van der Waals surface area (Å²) in [4.78, 5) is 13.7. The van der Waals surface area contributed by atoms with Gasteiger partial charge in [0.2, 0.25) is 5.91 Å². The van der Waals surface area contributed by atoms with Crippen LogP contribution >= 0.6 is 0 Å². The summed E-state index contributed by atoms with van der Waals surface area (Å²) in [5.74, 6) is -2.90. The lowest BCUT2D eigenvalue weighted by Gasteiger charge is -2.34. The molecule has 2 aliphatic rings. The van der Waals surface area contributed by atoms with E-state index in [4.69, 9.17) is 0 Å². The Morgan fingerprint density at radius 1 is 1.32 bits per heavy atom. The van der Waals surface area contributed by atoms with Crippen molar-refractivity contribution in [2.45, 2.75) is 50.8 Å². The third-order valence-electron chi connectivity index (χ3n) is 4.27. The van der Waals surface area contributed by atoms with Gasteiger partial charge in [0.1, 0.15) is 0 Å². The predicted molar refractivity (Wildman–Crippen MR) is 63.3 cm³/mol. The fourth-order valence-corrected chi connectivity index (χ4v) is 3.19. The molecular weight excluding hydrogens is 259 g/mol. The number of aliphatic hydroxyl groups is 1. The fraction of sp³-hybridized carbons (Fsp3) is 0.923. The monoisotopic (exact) mass is 279 g/mol. The zero-order chi connectivity index (χ0) is 14.3. The first-order valence-electron chi connectivity index (χ1n) is 6.79. The van der Waals surface area contributed by atoms with Gasteiger partial charge in [-0.15, -0.1) is 0 Å². The smallest absolute Gasteiger partial charge is 0.388 e. The number of halogens is 3. The van der Waals surface area contributed by atoms with Gasteiger partial charge in [-0.25, -0.2) is 0 Å². The van der Waals surface area contributed by atoms with Crippen molar-refractivity contribution < 1.29 is 23.1 Å². The Balaban J connectivity index is 2.08. The van der Waals surface area contributed by atoms with E-state index in [0.717, 1.165) is 0 Å². The van der Waals surface area contributed by atoms with Gasteiger partial charge in [-0.05, 0) is 26.2 Å². The summed E-state index contributed by atoms with van der Waals surface area (Å²) < 4.78 is 38.9. The maximum absolute atomic E-state index is 13.0. The van der Waals surface area contributed by atoms with Gasteiger partial charge in [0.05, 0.1) is 11.5 Å². The Labute approximate surface area is 110 Å². The number of alkyl halides is 3. The van der Waals surface area contributed by atoms with Crippen molar-refractivity contribution in [3.63, 3.8) is 0 Å². The molecule has 2 rings (SSSR count). The molecule has 1 aliphatic carbocycles. The van der Waals surface area contributed by atoms with Crippen LogP contribution in [0, 0.1) is 11.8 Å². The second-order valence-corrected chi connectivity index (χ2v) is 6.05. The molecule has 1 N–H and O–H groups in total. The number of amides is 1. The highest BCUT2D eigenvalue weighted by atomic mass is 19.4. The van der Waals surface area contributed by atoms with Gasteiger partial charge in [0, 0.05) is 19.0 Å². The van der Waals surface area contributed by atoms with Gasteiger partial charge in [0.25, 0.3) is 0 Å². The van der Waals surface area contributed by atoms with Crippen LogP contribution in [0.2, 0.25) is 0 Å². The molecule has 3 unspecified atom stereocenters.